The maximum Gasteiger partial charge on any atom is 0.365 e. The van der Waals surface area contributed by atoms with Crippen LogP contribution in [0.3, 0.4) is 0 Å². The van der Waals surface area contributed by atoms with Crippen LogP contribution in [-0.4, -0.2) is 18.0 Å². The molecule has 2 aromatic rings. The Morgan fingerprint density at radius 2 is 1.45 bits per heavy atom. The zero-order chi connectivity index (χ0) is 14.2. The monoisotopic (exact) mass is 267 g/mol. The summed E-state index contributed by atoms with van der Waals surface area (Å²) in [7, 11) is 0. The number of rotatable bonds is 5. The Morgan fingerprint density at radius 1 is 0.900 bits per heavy atom. The van der Waals surface area contributed by atoms with E-state index in [2.05, 4.69) is 5.16 Å². The molecule has 0 aliphatic rings. The van der Waals surface area contributed by atoms with Crippen molar-refractivity contribution in [1.29, 1.82) is 0 Å². The third-order valence-electron chi connectivity index (χ3n) is 2.59. The molecule has 4 heteroatoms. The van der Waals surface area contributed by atoms with Gasteiger partial charge in [0.1, 0.15) is 0 Å². The fourth-order valence-corrected chi connectivity index (χ4v) is 1.57. The van der Waals surface area contributed by atoms with Crippen LogP contribution < -0.4 is 0 Å². The van der Waals surface area contributed by atoms with Gasteiger partial charge in [-0.05, 0) is 12.1 Å². The normalized spacial score (nSPS) is 10.4. The average Bonchev–Trinajstić information content (AvgIpc) is 2.53. The highest BCUT2D eigenvalue weighted by molar-refractivity contribution is 6.03. The molecule has 0 aliphatic heterocycles. The SMILES string of the molecule is O=C(C/C=N/OC(=O)c1ccccc1)c1ccccc1. The zero-order valence-corrected chi connectivity index (χ0v) is 10.7. The summed E-state index contributed by atoms with van der Waals surface area (Å²) in [6.45, 7) is 0. The average molecular weight is 267 g/mol. The molecule has 0 aliphatic carbocycles. The van der Waals surface area contributed by atoms with Crippen molar-refractivity contribution < 1.29 is 14.4 Å². The molecule has 2 aromatic carbocycles. The summed E-state index contributed by atoms with van der Waals surface area (Å²) in [4.78, 5) is 28.0. The van der Waals surface area contributed by atoms with E-state index in [1.54, 1.807) is 54.6 Å². The number of ketones is 1. The molecule has 0 saturated carbocycles. The van der Waals surface area contributed by atoms with Gasteiger partial charge in [0.25, 0.3) is 0 Å². The lowest BCUT2D eigenvalue weighted by atomic mass is 10.1. The van der Waals surface area contributed by atoms with Gasteiger partial charge in [0.15, 0.2) is 5.78 Å². The van der Waals surface area contributed by atoms with Crippen molar-refractivity contribution in [1.82, 2.24) is 0 Å². The largest absolute Gasteiger partial charge is 0.365 e. The summed E-state index contributed by atoms with van der Waals surface area (Å²) in [6, 6.07) is 17.4. The van der Waals surface area contributed by atoms with Crippen LogP contribution in [0.5, 0.6) is 0 Å². The van der Waals surface area contributed by atoms with E-state index in [0.717, 1.165) is 0 Å². The molecule has 0 spiro atoms. The van der Waals surface area contributed by atoms with E-state index in [-0.39, 0.29) is 12.2 Å². The van der Waals surface area contributed by atoms with E-state index in [1.165, 1.54) is 6.21 Å². The molecule has 0 bridgehead atoms. The lowest BCUT2D eigenvalue weighted by Crippen LogP contribution is -2.02. The van der Waals surface area contributed by atoms with Crippen LogP contribution in [0.4, 0.5) is 0 Å². The number of nitrogens with zero attached hydrogens (tertiary/aromatic N) is 1. The van der Waals surface area contributed by atoms with Gasteiger partial charge in [-0.3, -0.25) is 4.79 Å². The molecular weight excluding hydrogens is 254 g/mol. The number of Topliss-reactive ketones (excluding diaryl/α,β-unsaturated/α-hetero) is 1. The summed E-state index contributed by atoms with van der Waals surface area (Å²) in [5.41, 5.74) is 1.02. The smallest absolute Gasteiger partial charge is 0.313 e. The molecule has 0 aromatic heterocycles. The molecule has 0 radical (unpaired) electrons. The molecule has 20 heavy (non-hydrogen) atoms. The third-order valence-corrected chi connectivity index (χ3v) is 2.59. The van der Waals surface area contributed by atoms with Crippen molar-refractivity contribution in [3.8, 4) is 0 Å². The standard InChI is InChI=1S/C16H13NO3/c18-15(13-7-3-1-4-8-13)11-12-17-20-16(19)14-9-5-2-6-10-14/h1-10,12H,11H2/b17-12+. The number of carbonyl (C=O) groups excluding carboxylic acids is 2. The first-order chi connectivity index (χ1) is 9.77. The number of oxime groups is 1. The molecule has 100 valence electrons. The van der Waals surface area contributed by atoms with Gasteiger partial charge >= 0.3 is 5.97 Å². The molecule has 0 fully saturated rings. The minimum absolute atomic E-state index is 0.0786. The number of hydrogen-bond donors (Lipinski definition) is 0. The minimum Gasteiger partial charge on any atom is -0.313 e. The molecule has 4 nitrogen and oxygen atoms in total. The summed E-state index contributed by atoms with van der Waals surface area (Å²) < 4.78 is 0. The Morgan fingerprint density at radius 3 is 2.05 bits per heavy atom. The third kappa shape index (κ3) is 3.88. The van der Waals surface area contributed by atoms with E-state index in [4.69, 9.17) is 4.84 Å². The lowest BCUT2D eigenvalue weighted by Gasteiger charge is -1.97. The molecule has 0 heterocycles. The fourth-order valence-electron chi connectivity index (χ4n) is 1.57. The van der Waals surface area contributed by atoms with Gasteiger partial charge < -0.3 is 4.84 Å². The second kappa shape index (κ2) is 6.99. The predicted octanol–water partition coefficient (Wildman–Crippen LogP) is 3.10. The van der Waals surface area contributed by atoms with Crippen molar-refractivity contribution in [2.75, 3.05) is 0 Å². The van der Waals surface area contributed by atoms with E-state index < -0.39 is 5.97 Å². The van der Waals surface area contributed by atoms with Gasteiger partial charge in [0.2, 0.25) is 0 Å². The van der Waals surface area contributed by atoms with Crippen LogP contribution in [0.25, 0.3) is 0 Å². The Kier molecular flexibility index (Phi) is 4.78. The van der Waals surface area contributed by atoms with Crippen molar-refractivity contribution >= 4 is 18.0 Å². The molecule has 0 unspecified atom stereocenters. The van der Waals surface area contributed by atoms with Crippen molar-refractivity contribution in [2.24, 2.45) is 5.16 Å². The van der Waals surface area contributed by atoms with Crippen LogP contribution in [0.2, 0.25) is 0 Å². The summed E-state index contributed by atoms with van der Waals surface area (Å²) in [5.74, 6) is -0.626. The summed E-state index contributed by atoms with van der Waals surface area (Å²) >= 11 is 0. The second-order valence-corrected chi connectivity index (χ2v) is 4.03. The summed E-state index contributed by atoms with van der Waals surface area (Å²) in [6.07, 6.45) is 1.38. The van der Waals surface area contributed by atoms with Crippen LogP contribution >= 0.6 is 0 Å². The van der Waals surface area contributed by atoms with Gasteiger partial charge in [0.05, 0.1) is 11.8 Å². The molecule has 0 atom stereocenters. The topological polar surface area (TPSA) is 55.7 Å². The van der Waals surface area contributed by atoms with Gasteiger partial charge in [-0.1, -0.05) is 53.7 Å². The van der Waals surface area contributed by atoms with Crippen LogP contribution in [0.1, 0.15) is 27.1 Å². The van der Waals surface area contributed by atoms with Crippen molar-refractivity contribution in [3.05, 3.63) is 71.8 Å². The maximum atomic E-state index is 11.7. The number of benzene rings is 2. The lowest BCUT2D eigenvalue weighted by molar-refractivity contribution is 0.0517. The summed E-state index contributed by atoms with van der Waals surface area (Å²) in [5, 5.41) is 3.52. The first-order valence-electron chi connectivity index (χ1n) is 6.14. The highest BCUT2D eigenvalue weighted by Crippen LogP contribution is 2.03. The van der Waals surface area contributed by atoms with Crippen molar-refractivity contribution in [2.45, 2.75) is 6.42 Å². The quantitative estimate of drug-likeness (QED) is 0.362. The van der Waals surface area contributed by atoms with Crippen LogP contribution in [0.15, 0.2) is 65.8 Å². The molecular formula is C16H13NO3. The molecule has 0 N–H and O–H groups in total. The number of hydrogen-bond acceptors (Lipinski definition) is 4. The van der Waals surface area contributed by atoms with E-state index >= 15 is 0 Å². The van der Waals surface area contributed by atoms with Gasteiger partial charge in [0, 0.05) is 12.0 Å². The first kappa shape index (κ1) is 13.7. The van der Waals surface area contributed by atoms with Gasteiger partial charge in [-0.2, -0.15) is 0 Å². The van der Waals surface area contributed by atoms with E-state index in [0.29, 0.717) is 11.1 Å². The first-order valence-corrected chi connectivity index (χ1v) is 6.14. The van der Waals surface area contributed by atoms with E-state index in [1.807, 2.05) is 6.07 Å². The second-order valence-electron chi connectivity index (χ2n) is 4.03. The van der Waals surface area contributed by atoms with Crippen LogP contribution in [-0.2, 0) is 4.84 Å². The highest BCUT2D eigenvalue weighted by atomic mass is 16.7. The van der Waals surface area contributed by atoms with Gasteiger partial charge in [-0.25, -0.2) is 4.79 Å². The number of carbonyl (C=O) groups is 2. The Hall–Kier alpha value is -2.75. The highest BCUT2D eigenvalue weighted by Gasteiger charge is 2.05. The molecule has 0 amide bonds. The van der Waals surface area contributed by atoms with E-state index in [9.17, 15) is 9.59 Å². The Labute approximate surface area is 116 Å². The Balaban J connectivity index is 1.83. The zero-order valence-electron chi connectivity index (χ0n) is 10.7. The van der Waals surface area contributed by atoms with Gasteiger partial charge in [-0.15, -0.1) is 0 Å². The Bertz CT molecular complexity index is 551. The molecule has 0 saturated heterocycles. The fraction of sp³-hybridized carbons (Fsp3) is 0.0625. The van der Waals surface area contributed by atoms with Crippen LogP contribution in [0, 0.1) is 0 Å². The minimum atomic E-state index is -0.547. The maximum absolute atomic E-state index is 11.7. The predicted molar refractivity (Wildman–Crippen MR) is 75.7 cm³/mol. The van der Waals surface area contributed by atoms with Crippen molar-refractivity contribution in [3.63, 3.8) is 0 Å². The molecule has 2 rings (SSSR count).